The summed E-state index contributed by atoms with van der Waals surface area (Å²) in [7, 11) is 0. The van der Waals surface area contributed by atoms with Crippen molar-refractivity contribution in [3.8, 4) is 0 Å². The Labute approximate surface area is 86.9 Å². The lowest BCUT2D eigenvalue weighted by Crippen LogP contribution is -2.34. The Hall–Kier alpha value is -0.670. The molecule has 0 aliphatic carbocycles. The molecule has 1 aromatic carbocycles. The van der Waals surface area contributed by atoms with E-state index in [0.29, 0.717) is 10.6 Å². The molecule has 0 fully saturated rings. The van der Waals surface area contributed by atoms with Crippen LogP contribution >= 0.6 is 11.6 Å². The minimum Gasteiger partial charge on any atom is -0.329 e. The molecule has 0 aromatic heterocycles. The summed E-state index contributed by atoms with van der Waals surface area (Å²) in [4.78, 5) is 0. The van der Waals surface area contributed by atoms with Gasteiger partial charge in [0.15, 0.2) is 0 Å². The highest BCUT2D eigenvalue weighted by Gasteiger charge is 2.27. The second-order valence-electron chi connectivity index (χ2n) is 3.52. The standard InChI is InChI=1S/C10H12ClF2N/c1-10(5-12,6-14)8-4-7(13)2-3-9(8)11/h2-4H,5-6,14H2,1H3. The van der Waals surface area contributed by atoms with Crippen molar-refractivity contribution in [1.82, 2.24) is 0 Å². The first-order valence-electron chi connectivity index (χ1n) is 4.25. The van der Waals surface area contributed by atoms with E-state index in [1.807, 2.05) is 0 Å². The van der Waals surface area contributed by atoms with Gasteiger partial charge in [-0.05, 0) is 23.8 Å². The van der Waals surface area contributed by atoms with E-state index in [2.05, 4.69) is 0 Å². The van der Waals surface area contributed by atoms with Crippen molar-refractivity contribution in [3.63, 3.8) is 0 Å². The molecule has 14 heavy (non-hydrogen) atoms. The first-order valence-corrected chi connectivity index (χ1v) is 4.63. The molecule has 1 nitrogen and oxygen atoms in total. The molecule has 0 amide bonds. The predicted molar refractivity (Wildman–Crippen MR) is 53.8 cm³/mol. The van der Waals surface area contributed by atoms with Crippen LogP contribution in [0.3, 0.4) is 0 Å². The van der Waals surface area contributed by atoms with E-state index in [-0.39, 0.29) is 6.54 Å². The molecule has 0 heterocycles. The maximum atomic E-state index is 12.9. The lowest BCUT2D eigenvalue weighted by Gasteiger charge is -2.25. The van der Waals surface area contributed by atoms with Crippen LogP contribution in [0.4, 0.5) is 8.78 Å². The molecule has 2 N–H and O–H groups in total. The second kappa shape index (κ2) is 4.24. The average Bonchev–Trinajstić information content (AvgIpc) is 2.20. The summed E-state index contributed by atoms with van der Waals surface area (Å²) in [6.45, 7) is 1.05. The number of benzene rings is 1. The van der Waals surface area contributed by atoms with E-state index in [1.165, 1.54) is 18.2 Å². The van der Waals surface area contributed by atoms with Crippen molar-refractivity contribution in [2.24, 2.45) is 5.73 Å². The molecule has 0 aliphatic rings. The molecule has 78 valence electrons. The van der Waals surface area contributed by atoms with Crippen LogP contribution in [0.2, 0.25) is 5.02 Å². The smallest absolute Gasteiger partial charge is 0.123 e. The topological polar surface area (TPSA) is 26.0 Å². The van der Waals surface area contributed by atoms with E-state index < -0.39 is 17.9 Å². The fourth-order valence-electron chi connectivity index (χ4n) is 1.20. The van der Waals surface area contributed by atoms with Crippen LogP contribution in [0.15, 0.2) is 18.2 Å². The summed E-state index contributed by atoms with van der Waals surface area (Å²) < 4.78 is 25.7. The number of alkyl halides is 1. The van der Waals surface area contributed by atoms with Gasteiger partial charge in [-0.25, -0.2) is 4.39 Å². The number of halogens is 3. The van der Waals surface area contributed by atoms with Gasteiger partial charge in [-0.1, -0.05) is 18.5 Å². The van der Waals surface area contributed by atoms with Gasteiger partial charge >= 0.3 is 0 Å². The quantitative estimate of drug-likeness (QED) is 0.831. The van der Waals surface area contributed by atoms with Crippen molar-refractivity contribution < 1.29 is 8.78 Å². The molecule has 0 bridgehead atoms. The molecule has 0 saturated carbocycles. The van der Waals surface area contributed by atoms with Gasteiger partial charge < -0.3 is 5.73 Å². The van der Waals surface area contributed by atoms with Crippen molar-refractivity contribution in [1.29, 1.82) is 0 Å². The van der Waals surface area contributed by atoms with Crippen molar-refractivity contribution >= 4 is 11.6 Å². The first kappa shape index (κ1) is 11.4. The van der Waals surface area contributed by atoms with E-state index in [0.717, 1.165) is 0 Å². The van der Waals surface area contributed by atoms with Gasteiger partial charge in [0.05, 0.1) is 0 Å². The summed E-state index contributed by atoms with van der Waals surface area (Å²) in [6.07, 6.45) is 0. The lowest BCUT2D eigenvalue weighted by molar-refractivity contribution is 0.333. The van der Waals surface area contributed by atoms with E-state index in [9.17, 15) is 8.78 Å². The minimum absolute atomic E-state index is 0.0900. The molecule has 1 unspecified atom stereocenters. The molecule has 4 heteroatoms. The maximum absolute atomic E-state index is 12.9. The van der Waals surface area contributed by atoms with Crippen LogP contribution in [-0.4, -0.2) is 13.2 Å². The highest BCUT2D eigenvalue weighted by atomic mass is 35.5. The highest BCUT2D eigenvalue weighted by molar-refractivity contribution is 6.31. The molecular weight excluding hydrogens is 208 g/mol. The third-order valence-electron chi connectivity index (χ3n) is 2.32. The SMILES string of the molecule is CC(CN)(CF)c1cc(F)ccc1Cl. The third-order valence-corrected chi connectivity index (χ3v) is 2.65. The van der Waals surface area contributed by atoms with Crippen molar-refractivity contribution in [2.45, 2.75) is 12.3 Å². The maximum Gasteiger partial charge on any atom is 0.123 e. The zero-order chi connectivity index (χ0) is 10.8. The van der Waals surface area contributed by atoms with Gasteiger partial charge in [0, 0.05) is 17.0 Å². The Morgan fingerprint density at radius 1 is 1.50 bits per heavy atom. The molecule has 0 spiro atoms. The third kappa shape index (κ3) is 2.04. The average molecular weight is 220 g/mol. The van der Waals surface area contributed by atoms with Crippen LogP contribution in [0.1, 0.15) is 12.5 Å². The number of hydrogen-bond donors (Lipinski definition) is 1. The summed E-state index contributed by atoms with van der Waals surface area (Å²) in [5.74, 6) is -0.433. The highest BCUT2D eigenvalue weighted by Crippen LogP contribution is 2.30. The zero-order valence-electron chi connectivity index (χ0n) is 7.86. The molecule has 0 aliphatic heterocycles. The van der Waals surface area contributed by atoms with Gasteiger partial charge in [-0.3, -0.25) is 4.39 Å². The van der Waals surface area contributed by atoms with Crippen LogP contribution in [0.5, 0.6) is 0 Å². The van der Waals surface area contributed by atoms with Crippen LogP contribution in [0.25, 0.3) is 0 Å². The summed E-state index contributed by atoms with van der Waals surface area (Å²) in [5.41, 5.74) is 4.96. The molecule has 1 atom stereocenters. The van der Waals surface area contributed by atoms with Gasteiger partial charge in [-0.15, -0.1) is 0 Å². The fraction of sp³-hybridized carbons (Fsp3) is 0.400. The van der Waals surface area contributed by atoms with Crippen molar-refractivity contribution in [2.75, 3.05) is 13.2 Å². The Morgan fingerprint density at radius 3 is 2.64 bits per heavy atom. The largest absolute Gasteiger partial charge is 0.329 e. The fourth-order valence-corrected chi connectivity index (χ4v) is 1.54. The normalized spacial score (nSPS) is 15.2. The van der Waals surface area contributed by atoms with Crippen LogP contribution in [0, 0.1) is 5.82 Å². The summed E-state index contributed by atoms with van der Waals surface area (Å²) in [6, 6.07) is 3.88. The lowest BCUT2D eigenvalue weighted by atomic mass is 9.84. The summed E-state index contributed by atoms with van der Waals surface area (Å²) in [5, 5.41) is 0.344. The number of hydrogen-bond acceptors (Lipinski definition) is 1. The van der Waals surface area contributed by atoms with Gasteiger partial charge in [0.1, 0.15) is 12.5 Å². The molecule has 1 rings (SSSR count). The first-order chi connectivity index (χ1) is 6.53. The Morgan fingerprint density at radius 2 is 2.14 bits per heavy atom. The Bertz CT molecular complexity index is 324. The minimum atomic E-state index is -0.904. The Balaban J connectivity index is 3.22. The molecule has 1 aromatic rings. The number of rotatable bonds is 3. The summed E-state index contributed by atoms with van der Waals surface area (Å²) >= 11 is 5.85. The van der Waals surface area contributed by atoms with E-state index in [4.69, 9.17) is 17.3 Å². The van der Waals surface area contributed by atoms with Crippen LogP contribution < -0.4 is 5.73 Å². The molecule has 0 saturated heterocycles. The molecular formula is C10H12ClF2N. The zero-order valence-corrected chi connectivity index (χ0v) is 8.61. The van der Waals surface area contributed by atoms with Gasteiger partial charge in [-0.2, -0.15) is 0 Å². The molecule has 0 radical (unpaired) electrons. The monoisotopic (exact) mass is 219 g/mol. The Kier molecular flexibility index (Phi) is 3.45. The van der Waals surface area contributed by atoms with E-state index >= 15 is 0 Å². The predicted octanol–water partition coefficient (Wildman–Crippen LogP) is 2.67. The van der Waals surface area contributed by atoms with E-state index in [1.54, 1.807) is 6.92 Å². The van der Waals surface area contributed by atoms with Gasteiger partial charge in [0.25, 0.3) is 0 Å². The van der Waals surface area contributed by atoms with Crippen LogP contribution in [-0.2, 0) is 5.41 Å². The second-order valence-corrected chi connectivity index (χ2v) is 3.93. The van der Waals surface area contributed by atoms with Gasteiger partial charge in [0.2, 0.25) is 0 Å². The van der Waals surface area contributed by atoms with Crippen molar-refractivity contribution in [3.05, 3.63) is 34.6 Å². The number of nitrogens with two attached hydrogens (primary N) is 1.